The highest BCUT2D eigenvalue weighted by Crippen LogP contribution is 2.22. The Hall–Kier alpha value is -2.38. The second-order valence-corrected chi connectivity index (χ2v) is 7.08. The summed E-state index contributed by atoms with van der Waals surface area (Å²) in [6, 6.07) is 12.1. The van der Waals surface area contributed by atoms with Crippen LogP contribution in [-0.2, 0) is 9.84 Å². The van der Waals surface area contributed by atoms with Gasteiger partial charge in [0.05, 0.1) is 9.92 Å². The molecule has 8 heteroatoms. The Balaban J connectivity index is 2.11. The molecule has 2 aromatic carbocycles. The number of carbonyl (C=O) groups excluding carboxylic acids is 2. The lowest BCUT2D eigenvalue weighted by Gasteiger charge is -2.09. The van der Waals surface area contributed by atoms with Crippen LogP contribution in [0.2, 0.25) is 5.02 Å². The molecule has 0 spiro atoms. The molecule has 23 heavy (non-hydrogen) atoms. The van der Waals surface area contributed by atoms with Crippen LogP contribution < -0.4 is 10.9 Å². The minimum atomic E-state index is -3.56. The quantitative estimate of drug-likeness (QED) is 0.824. The average Bonchev–Trinajstić information content (AvgIpc) is 2.52. The highest BCUT2D eigenvalue weighted by Gasteiger charge is 2.16. The Bertz CT molecular complexity index is 851. The molecule has 0 aliphatic carbocycles. The first-order valence-electron chi connectivity index (χ1n) is 6.44. The molecule has 6 nitrogen and oxygen atoms in total. The van der Waals surface area contributed by atoms with Gasteiger partial charge in [0.25, 0.3) is 11.8 Å². The molecule has 0 bridgehead atoms. The number of carbonyl (C=O) groups is 2. The molecule has 120 valence electrons. The molecule has 2 rings (SSSR count). The van der Waals surface area contributed by atoms with Crippen LogP contribution in [0.5, 0.6) is 0 Å². The maximum Gasteiger partial charge on any atom is 0.269 e. The number of amides is 2. The number of hydrazine groups is 1. The van der Waals surface area contributed by atoms with Crippen molar-refractivity contribution < 1.29 is 18.0 Å². The number of sulfone groups is 1. The Labute approximate surface area is 138 Å². The zero-order chi connectivity index (χ0) is 17.0. The fourth-order valence-electron chi connectivity index (χ4n) is 1.78. The van der Waals surface area contributed by atoms with E-state index in [2.05, 4.69) is 10.9 Å². The van der Waals surface area contributed by atoms with Gasteiger partial charge in [0.2, 0.25) is 0 Å². The molecular formula is C15H13ClN2O4S. The van der Waals surface area contributed by atoms with E-state index in [1.165, 1.54) is 12.1 Å². The summed E-state index contributed by atoms with van der Waals surface area (Å²) in [7, 11) is -3.56. The largest absolute Gasteiger partial charge is 0.269 e. The van der Waals surface area contributed by atoms with Crippen LogP contribution in [-0.4, -0.2) is 26.5 Å². The number of hydrogen-bond acceptors (Lipinski definition) is 4. The van der Waals surface area contributed by atoms with Crippen LogP contribution in [0.15, 0.2) is 53.4 Å². The van der Waals surface area contributed by atoms with Crippen LogP contribution in [0, 0.1) is 0 Å². The molecule has 0 fully saturated rings. The number of benzene rings is 2. The monoisotopic (exact) mass is 352 g/mol. The molecule has 2 amide bonds. The molecule has 0 aliphatic heterocycles. The zero-order valence-electron chi connectivity index (χ0n) is 12.0. The number of rotatable bonds is 3. The van der Waals surface area contributed by atoms with E-state index in [0.717, 1.165) is 12.3 Å². The van der Waals surface area contributed by atoms with Crippen molar-refractivity contribution in [2.75, 3.05) is 6.26 Å². The van der Waals surface area contributed by atoms with Gasteiger partial charge >= 0.3 is 0 Å². The van der Waals surface area contributed by atoms with E-state index in [4.69, 9.17) is 11.6 Å². The van der Waals surface area contributed by atoms with Gasteiger partial charge in [-0.2, -0.15) is 0 Å². The van der Waals surface area contributed by atoms with Crippen molar-refractivity contribution in [3.05, 3.63) is 64.7 Å². The predicted molar refractivity (Wildman–Crippen MR) is 85.9 cm³/mol. The van der Waals surface area contributed by atoms with Crippen molar-refractivity contribution in [2.45, 2.75) is 4.90 Å². The smallest absolute Gasteiger partial charge is 0.267 e. The molecule has 0 radical (unpaired) electrons. The van der Waals surface area contributed by atoms with Gasteiger partial charge in [-0.3, -0.25) is 20.4 Å². The summed E-state index contributed by atoms with van der Waals surface area (Å²) in [5.74, 6) is -1.15. The summed E-state index contributed by atoms with van der Waals surface area (Å²) in [6.45, 7) is 0. The third-order valence-corrected chi connectivity index (χ3v) is 4.50. The van der Waals surface area contributed by atoms with E-state index in [-0.39, 0.29) is 15.5 Å². The maximum absolute atomic E-state index is 12.0. The minimum absolute atomic E-state index is 0.0253. The molecule has 2 N–H and O–H groups in total. The lowest BCUT2D eigenvalue weighted by atomic mass is 10.2. The van der Waals surface area contributed by atoms with Crippen molar-refractivity contribution in [2.24, 2.45) is 0 Å². The van der Waals surface area contributed by atoms with Gasteiger partial charge in [-0.25, -0.2) is 8.42 Å². The van der Waals surface area contributed by atoms with E-state index in [1.807, 2.05) is 0 Å². The van der Waals surface area contributed by atoms with Crippen molar-refractivity contribution in [1.82, 2.24) is 10.9 Å². The standard InChI is InChI=1S/C15H13ClN2O4S/c1-23(21,22)13-9-11(7-8-12(13)16)15(20)18-17-14(19)10-5-3-2-4-6-10/h2-9H,1H3,(H,17,19)(H,18,20). The number of halogens is 1. The lowest BCUT2D eigenvalue weighted by Crippen LogP contribution is -2.41. The van der Waals surface area contributed by atoms with Gasteiger partial charge in [0.15, 0.2) is 9.84 Å². The number of nitrogens with one attached hydrogen (secondary N) is 2. The fraction of sp³-hybridized carbons (Fsp3) is 0.0667. The lowest BCUT2D eigenvalue weighted by molar-refractivity contribution is 0.0846. The van der Waals surface area contributed by atoms with Crippen LogP contribution in [0.4, 0.5) is 0 Å². The Morgan fingerprint density at radius 3 is 2.04 bits per heavy atom. The molecular weight excluding hydrogens is 340 g/mol. The molecule has 0 unspecified atom stereocenters. The summed E-state index contributed by atoms with van der Waals surface area (Å²) >= 11 is 5.81. The highest BCUT2D eigenvalue weighted by molar-refractivity contribution is 7.90. The number of hydrogen-bond donors (Lipinski definition) is 2. The van der Waals surface area contributed by atoms with Crippen molar-refractivity contribution in [3.8, 4) is 0 Å². The Morgan fingerprint density at radius 2 is 1.48 bits per heavy atom. The van der Waals surface area contributed by atoms with Crippen molar-refractivity contribution >= 4 is 33.3 Å². The zero-order valence-corrected chi connectivity index (χ0v) is 13.6. The SMILES string of the molecule is CS(=O)(=O)c1cc(C(=O)NNC(=O)c2ccccc2)ccc1Cl. The van der Waals surface area contributed by atoms with E-state index < -0.39 is 21.7 Å². The van der Waals surface area contributed by atoms with Gasteiger partial charge < -0.3 is 0 Å². The summed E-state index contributed by atoms with van der Waals surface area (Å²) in [5.41, 5.74) is 4.90. The minimum Gasteiger partial charge on any atom is -0.267 e. The second-order valence-electron chi connectivity index (χ2n) is 4.69. The van der Waals surface area contributed by atoms with Gasteiger partial charge in [-0.1, -0.05) is 29.8 Å². The van der Waals surface area contributed by atoms with E-state index in [9.17, 15) is 18.0 Å². The van der Waals surface area contributed by atoms with Crippen LogP contribution in [0.3, 0.4) is 0 Å². The first-order chi connectivity index (χ1) is 10.8. The predicted octanol–water partition coefficient (Wildman–Crippen LogP) is 1.82. The van der Waals surface area contributed by atoms with Crippen molar-refractivity contribution in [1.29, 1.82) is 0 Å². The third kappa shape index (κ3) is 4.30. The van der Waals surface area contributed by atoms with Crippen LogP contribution in [0.1, 0.15) is 20.7 Å². The topological polar surface area (TPSA) is 92.3 Å². The molecule has 0 aliphatic rings. The summed E-state index contributed by atoms with van der Waals surface area (Å²) in [4.78, 5) is 23.7. The van der Waals surface area contributed by atoms with E-state index in [1.54, 1.807) is 30.3 Å². The van der Waals surface area contributed by atoms with Crippen LogP contribution in [0.25, 0.3) is 0 Å². The highest BCUT2D eigenvalue weighted by atomic mass is 35.5. The first kappa shape index (κ1) is 17.0. The van der Waals surface area contributed by atoms with Gasteiger partial charge in [0, 0.05) is 17.4 Å². The average molecular weight is 353 g/mol. The van der Waals surface area contributed by atoms with Gasteiger partial charge in [0.1, 0.15) is 0 Å². The Kier molecular flexibility index (Phi) is 5.02. The molecule has 0 heterocycles. The summed E-state index contributed by atoms with van der Waals surface area (Å²) in [5, 5.41) is 0.0253. The van der Waals surface area contributed by atoms with Gasteiger partial charge in [-0.05, 0) is 30.3 Å². The molecule has 2 aromatic rings. The Morgan fingerprint density at radius 1 is 0.913 bits per heavy atom. The first-order valence-corrected chi connectivity index (χ1v) is 8.71. The molecule has 0 aromatic heterocycles. The summed E-state index contributed by atoms with van der Waals surface area (Å²) in [6.07, 6.45) is 0.993. The van der Waals surface area contributed by atoms with Crippen LogP contribution >= 0.6 is 11.6 Å². The molecule has 0 atom stereocenters. The van der Waals surface area contributed by atoms with E-state index in [0.29, 0.717) is 5.56 Å². The molecule has 0 saturated heterocycles. The van der Waals surface area contributed by atoms with Gasteiger partial charge in [-0.15, -0.1) is 0 Å². The van der Waals surface area contributed by atoms with E-state index >= 15 is 0 Å². The fourth-order valence-corrected chi connectivity index (χ4v) is 3.08. The second kappa shape index (κ2) is 6.80. The normalized spacial score (nSPS) is 10.9. The summed E-state index contributed by atoms with van der Waals surface area (Å²) < 4.78 is 23.2. The van der Waals surface area contributed by atoms with Crippen molar-refractivity contribution in [3.63, 3.8) is 0 Å². The maximum atomic E-state index is 12.0. The molecule has 0 saturated carbocycles. The third-order valence-electron chi connectivity index (χ3n) is 2.92.